The van der Waals surface area contributed by atoms with Crippen LogP contribution in [0.5, 0.6) is 0 Å². The van der Waals surface area contributed by atoms with Gasteiger partial charge in [0.25, 0.3) is 0 Å². The summed E-state index contributed by atoms with van der Waals surface area (Å²) in [7, 11) is 0. The van der Waals surface area contributed by atoms with Crippen LogP contribution in [0, 0.1) is 0 Å². The number of nitrogens with one attached hydrogen (secondary N) is 1. The molecule has 0 amide bonds. The highest BCUT2D eigenvalue weighted by Crippen LogP contribution is 2.41. The van der Waals surface area contributed by atoms with Crippen molar-refractivity contribution in [3.8, 4) is 0 Å². The summed E-state index contributed by atoms with van der Waals surface area (Å²) >= 11 is 0. The van der Waals surface area contributed by atoms with Crippen LogP contribution < -0.4 is 5.32 Å². The number of rotatable bonds is 2. The fourth-order valence-corrected chi connectivity index (χ4v) is 3.76. The van der Waals surface area contributed by atoms with E-state index in [4.69, 9.17) is 0 Å². The molecule has 0 saturated heterocycles. The Labute approximate surface area is 111 Å². The molecule has 1 fully saturated rings. The Bertz CT molecular complexity index is 415. The lowest BCUT2D eigenvalue weighted by Gasteiger charge is -2.38. The van der Waals surface area contributed by atoms with Crippen molar-refractivity contribution in [3.05, 3.63) is 35.4 Å². The van der Waals surface area contributed by atoms with Gasteiger partial charge in [-0.2, -0.15) is 0 Å². The molecule has 1 unspecified atom stereocenters. The summed E-state index contributed by atoms with van der Waals surface area (Å²) < 4.78 is 0. The minimum absolute atomic E-state index is 0.352. The van der Waals surface area contributed by atoms with Crippen LogP contribution in [-0.4, -0.2) is 6.04 Å². The molecule has 0 heterocycles. The third-order valence-electron chi connectivity index (χ3n) is 4.92. The van der Waals surface area contributed by atoms with Crippen LogP contribution in [-0.2, 0) is 5.41 Å². The SMILES string of the molecule is CC1(C)CCC(NC2CCCC2)c2ccccc21. The second kappa shape index (κ2) is 4.70. The summed E-state index contributed by atoms with van der Waals surface area (Å²) in [5, 5.41) is 3.91. The van der Waals surface area contributed by atoms with Crippen LogP contribution in [0.2, 0.25) is 0 Å². The summed E-state index contributed by atoms with van der Waals surface area (Å²) in [6, 6.07) is 10.4. The van der Waals surface area contributed by atoms with E-state index >= 15 is 0 Å². The van der Waals surface area contributed by atoms with Gasteiger partial charge in [-0.25, -0.2) is 0 Å². The van der Waals surface area contributed by atoms with Crippen LogP contribution in [0.25, 0.3) is 0 Å². The highest BCUT2D eigenvalue weighted by atomic mass is 15.0. The molecule has 1 saturated carbocycles. The average Bonchev–Trinajstić information content (AvgIpc) is 2.86. The molecule has 0 aliphatic heterocycles. The molecule has 2 aliphatic carbocycles. The first-order valence-electron chi connectivity index (χ1n) is 7.52. The molecule has 1 atom stereocenters. The predicted octanol–water partition coefficient (Wildman–Crippen LogP) is 4.33. The molecule has 2 aliphatic rings. The van der Waals surface area contributed by atoms with Gasteiger partial charge < -0.3 is 5.32 Å². The maximum atomic E-state index is 3.91. The largest absolute Gasteiger partial charge is 0.307 e. The summed E-state index contributed by atoms with van der Waals surface area (Å²) in [6.45, 7) is 4.77. The Balaban J connectivity index is 1.84. The van der Waals surface area contributed by atoms with Gasteiger partial charge in [-0.15, -0.1) is 0 Å². The molecule has 1 nitrogen and oxygen atoms in total. The molecule has 1 heteroatoms. The smallest absolute Gasteiger partial charge is 0.0325 e. The molecule has 1 N–H and O–H groups in total. The minimum Gasteiger partial charge on any atom is -0.307 e. The van der Waals surface area contributed by atoms with Gasteiger partial charge in [-0.3, -0.25) is 0 Å². The Kier molecular flexibility index (Phi) is 3.19. The summed E-state index contributed by atoms with van der Waals surface area (Å²) in [6.07, 6.45) is 8.17. The summed E-state index contributed by atoms with van der Waals surface area (Å²) in [4.78, 5) is 0. The van der Waals surface area contributed by atoms with Gasteiger partial charge in [-0.05, 0) is 42.2 Å². The highest BCUT2D eigenvalue weighted by Gasteiger charge is 2.33. The number of fused-ring (bicyclic) bond motifs is 1. The Hall–Kier alpha value is -0.820. The normalized spacial score (nSPS) is 27.1. The van der Waals surface area contributed by atoms with E-state index in [0.717, 1.165) is 6.04 Å². The molecule has 0 spiro atoms. The van der Waals surface area contributed by atoms with Crippen LogP contribution in [0.1, 0.15) is 69.5 Å². The van der Waals surface area contributed by atoms with Crippen molar-refractivity contribution in [3.63, 3.8) is 0 Å². The molecule has 98 valence electrons. The van der Waals surface area contributed by atoms with Crippen molar-refractivity contribution in [2.75, 3.05) is 0 Å². The zero-order valence-corrected chi connectivity index (χ0v) is 11.7. The second-order valence-corrected chi connectivity index (χ2v) is 6.71. The van der Waals surface area contributed by atoms with Gasteiger partial charge in [0, 0.05) is 12.1 Å². The van der Waals surface area contributed by atoms with E-state index in [-0.39, 0.29) is 0 Å². The Morgan fingerprint density at radius 2 is 1.78 bits per heavy atom. The van der Waals surface area contributed by atoms with Crippen molar-refractivity contribution in [1.29, 1.82) is 0 Å². The zero-order valence-electron chi connectivity index (χ0n) is 11.7. The van der Waals surface area contributed by atoms with E-state index in [1.165, 1.54) is 38.5 Å². The third-order valence-corrected chi connectivity index (χ3v) is 4.92. The van der Waals surface area contributed by atoms with Gasteiger partial charge in [-0.1, -0.05) is 51.0 Å². The fraction of sp³-hybridized carbons (Fsp3) is 0.647. The minimum atomic E-state index is 0.352. The van der Waals surface area contributed by atoms with Gasteiger partial charge >= 0.3 is 0 Å². The van der Waals surface area contributed by atoms with Crippen molar-refractivity contribution >= 4 is 0 Å². The first-order valence-corrected chi connectivity index (χ1v) is 7.52. The van der Waals surface area contributed by atoms with E-state index in [0.29, 0.717) is 11.5 Å². The van der Waals surface area contributed by atoms with Gasteiger partial charge in [0.05, 0.1) is 0 Å². The van der Waals surface area contributed by atoms with Crippen LogP contribution >= 0.6 is 0 Å². The standard InChI is InChI=1S/C17H25N/c1-17(2)12-11-16(18-13-7-3-4-8-13)14-9-5-6-10-15(14)17/h5-6,9-10,13,16,18H,3-4,7-8,11-12H2,1-2H3. The lowest BCUT2D eigenvalue weighted by molar-refractivity contribution is 0.333. The van der Waals surface area contributed by atoms with Gasteiger partial charge in [0.2, 0.25) is 0 Å². The van der Waals surface area contributed by atoms with Crippen molar-refractivity contribution in [1.82, 2.24) is 5.32 Å². The Morgan fingerprint density at radius 3 is 2.56 bits per heavy atom. The Morgan fingerprint density at radius 1 is 1.06 bits per heavy atom. The first kappa shape index (κ1) is 12.2. The van der Waals surface area contributed by atoms with Gasteiger partial charge in [0.1, 0.15) is 0 Å². The van der Waals surface area contributed by atoms with E-state index in [9.17, 15) is 0 Å². The molecule has 3 rings (SSSR count). The topological polar surface area (TPSA) is 12.0 Å². The predicted molar refractivity (Wildman–Crippen MR) is 76.8 cm³/mol. The molecule has 0 aromatic heterocycles. The monoisotopic (exact) mass is 243 g/mol. The van der Waals surface area contributed by atoms with Crippen LogP contribution in [0.4, 0.5) is 0 Å². The quantitative estimate of drug-likeness (QED) is 0.815. The first-order chi connectivity index (χ1) is 8.67. The maximum Gasteiger partial charge on any atom is 0.0325 e. The lowest BCUT2D eigenvalue weighted by atomic mass is 9.71. The van der Waals surface area contributed by atoms with E-state index in [2.05, 4.69) is 43.4 Å². The number of hydrogen-bond acceptors (Lipinski definition) is 1. The third kappa shape index (κ3) is 2.21. The zero-order chi connectivity index (χ0) is 12.6. The number of benzene rings is 1. The van der Waals surface area contributed by atoms with Gasteiger partial charge in [0.15, 0.2) is 0 Å². The molecular formula is C17H25N. The van der Waals surface area contributed by atoms with Crippen LogP contribution in [0.3, 0.4) is 0 Å². The lowest BCUT2D eigenvalue weighted by Crippen LogP contribution is -2.36. The highest BCUT2D eigenvalue weighted by molar-refractivity contribution is 5.38. The summed E-state index contributed by atoms with van der Waals surface area (Å²) in [5.74, 6) is 0. The van der Waals surface area contributed by atoms with E-state index in [1.54, 1.807) is 11.1 Å². The molecule has 1 aromatic carbocycles. The molecule has 0 radical (unpaired) electrons. The second-order valence-electron chi connectivity index (χ2n) is 6.71. The van der Waals surface area contributed by atoms with Crippen molar-refractivity contribution < 1.29 is 0 Å². The molecule has 0 bridgehead atoms. The van der Waals surface area contributed by atoms with E-state index < -0.39 is 0 Å². The molecule has 18 heavy (non-hydrogen) atoms. The molecule has 1 aromatic rings. The average molecular weight is 243 g/mol. The fourth-order valence-electron chi connectivity index (χ4n) is 3.76. The summed E-state index contributed by atoms with van der Waals surface area (Å²) in [5.41, 5.74) is 3.47. The maximum absolute atomic E-state index is 3.91. The van der Waals surface area contributed by atoms with Crippen LogP contribution in [0.15, 0.2) is 24.3 Å². The molecular weight excluding hydrogens is 218 g/mol. The van der Waals surface area contributed by atoms with E-state index in [1.807, 2.05) is 0 Å². The van der Waals surface area contributed by atoms with Crippen molar-refractivity contribution in [2.24, 2.45) is 0 Å². The number of hydrogen-bond donors (Lipinski definition) is 1. The van der Waals surface area contributed by atoms with Crippen molar-refractivity contribution in [2.45, 2.75) is 69.9 Å².